The third-order valence-electron chi connectivity index (χ3n) is 3.48. The number of pyridine rings is 2. The van der Waals surface area contributed by atoms with Crippen molar-refractivity contribution in [3.05, 3.63) is 65.4 Å². The van der Waals surface area contributed by atoms with Crippen LogP contribution in [0.25, 0.3) is 10.9 Å². The van der Waals surface area contributed by atoms with Crippen LogP contribution in [-0.4, -0.2) is 21.0 Å². The summed E-state index contributed by atoms with van der Waals surface area (Å²) >= 11 is 0. The molecule has 0 aliphatic rings. The van der Waals surface area contributed by atoms with Gasteiger partial charge >= 0.3 is 0 Å². The molecule has 2 aromatic heterocycles. The van der Waals surface area contributed by atoms with Gasteiger partial charge in [0.15, 0.2) is 11.4 Å². The minimum absolute atomic E-state index is 0.0925. The van der Waals surface area contributed by atoms with Gasteiger partial charge in [-0.05, 0) is 36.8 Å². The molecule has 6 heteroatoms. The molecule has 0 aliphatic carbocycles. The van der Waals surface area contributed by atoms with Crippen LogP contribution in [0, 0.1) is 12.7 Å². The highest BCUT2D eigenvalue weighted by molar-refractivity contribution is 6.00. The Bertz CT molecular complexity index is 896. The number of aromatic nitrogens is 2. The number of hydrogen-bond acceptors (Lipinski definition) is 4. The predicted octanol–water partition coefficient (Wildman–Crippen LogP) is 2.71. The van der Waals surface area contributed by atoms with Gasteiger partial charge in [0.25, 0.3) is 5.91 Å². The van der Waals surface area contributed by atoms with Crippen LogP contribution in [0.5, 0.6) is 5.75 Å². The van der Waals surface area contributed by atoms with Gasteiger partial charge in [0.1, 0.15) is 11.3 Å². The maximum absolute atomic E-state index is 13.1. The van der Waals surface area contributed by atoms with Crippen LogP contribution in [0.1, 0.15) is 21.7 Å². The molecule has 0 aliphatic heterocycles. The van der Waals surface area contributed by atoms with Crippen molar-refractivity contribution in [1.82, 2.24) is 15.3 Å². The third kappa shape index (κ3) is 2.96. The molecule has 0 saturated heterocycles. The highest BCUT2D eigenvalue weighted by Gasteiger charge is 2.18. The SMILES string of the molecule is Cc1nc(C(=O)NCc2cccc(F)c2)c(O)c2ncccc12. The average Bonchev–Trinajstić information content (AvgIpc) is 2.56. The lowest BCUT2D eigenvalue weighted by Gasteiger charge is -2.10. The summed E-state index contributed by atoms with van der Waals surface area (Å²) in [5.74, 6) is -1.17. The second-order valence-electron chi connectivity index (χ2n) is 5.11. The quantitative estimate of drug-likeness (QED) is 0.780. The molecule has 0 saturated carbocycles. The van der Waals surface area contributed by atoms with E-state index in [1.165, 1.54) is 18.3 Å². The summed E-state index contributed by atoms with van der Waals surface area (Å²) in [7, 11) is 0. The number of carbonyl (C=O) groups is 1. The molecule has 0 atom stereocenters. The number of halogens is 1. The topological polar surface area (TPSA) is 75.1 Å². The predicted molar refractivity (Wildman–Crippen MR) is 83.5 cm³/mol. The molecule has 3 aromatic rings. The van der Waals surface area contributed by atoms with Crippen molar-refractivity contribution in [3.8, 4) is 5.75 Å². The minimum Gasteiger partial charge on any atom is -0.504 e. The van der Waals surface area contributed by atoms with Crippen LogP contribution >= 0.6 is 0 Å². The molecular formula is C17H14FN3O2. The van der Waals surface area contributed by atoms with Gasteiger partial charge in [-0.25, -0.2) is 9.37 Å². The first-order valence-electron chi connectivity index (χ1n) is 7.03. The van der Waals surface area contributed by atoms with Crippen molar-refractivity contribution in [2.45, 2.75) is 13.5 Å². The Hall–Kier alpha value is -3.02. The lowest BCUT2D eigenvalue weighted by Crippen LogP contribution is -2.24. The maximum Gasteiger partial charge on any atom is 0.274 e. The zero-order valence-corrected chi connectivity index (χ0v) is 12.4. The number of nitrogens with zero attached hydrogens (tertiary/aromatic N) is 2. The van der Waals surface area contributed by atoms with Crippen LogP contribution in [0.3, 0.4) is 0 Å². The fraction of sp³-hybridized carbons (Fsp3) is 0.118. The van der Waals surface area contributed by atoms with Gasteiger partial charge < -0.3 is 10.4 Å². The first-order chi connectivity index (χ1) is 11.1. The van der Waals surface area contributed by atoms with Gasteiger partial charge in [0, 0.05) is 23.8 Å². The summed E-state index contributed by atoms with van der Waals surface area (Å²) in [5.41, 5.74) is 1.45. The van der Waals surface area contributed by atoms with Crippen molar-refractivity contribution in [1.29, 1.82) is 0 Å². The molecule has 0 radical (unpaired) electrons. The van der Waals surface area contributed by atoms with E-state index in [9.17, 15) is 14.3 Å². The van der Waals surface area contributed by atoms with E-state index in [-0.39, 0.29) is 23.8 Å². The Morgan fingerprint density at radius 3 is 2.91 bits per heavy atom. The Labute approximate surface area is 131 Å². The van der Waals surface area contributed by atoms with Crippen molar-refractivity contribution < 1.29 is 14.3 Å². The molecule has 2 N–H and O–H groups in total. The van der Waals surface area contributed by atoms with Crippen molar-refractivity contribution >= 4 is 16.8 Å². The van der Waals surface area contributed by atoms with Crippen LogP contribution in [0.4, 0.5) is 4.39 Å². The van der Waals surface area contributed by atoms with Crippen molar-refractivity contribution in [2.24, 2.45) is 0 Å². The normalized spacial score (nSPS) is 10.7. The second-order valence-corrected chi connectivity index (χ2v) is 5.11. The third-order valence-corrected chi connectivity index (χ3v) is 3.48. The summed E-state index contributed by atoms with van der Waals surface area (Å²) in [5, 5.41) is 13.5. The molecule has 0 unspecified atom stereocenters. The minimum atomic E-state index is -0.539. The van der Waals surface area contributed by atoms with E-state index >= 15 is 0 Å². The number of hydrogen-bond donors (Lipinski definition) is 2. The highest BCUT2D eigenvalue weighted by atomic mass is 19.1. The van der Waals surface area contributed by atoms with E-state index in [2.05, 4.69) is 15.3 Å². The number of aromatic hydroxyl groups is 1. The smallest absolute Gasteiger partial charge is 0.274 e. The lowest BCUT2D eigenvalue weighted by molar-refractivity contribution is 0.0943. The number of carbonyl (C=O) groups excluding carboxylic acids is 1. The second kappa shape index (κ2) is 6.00. The maximum atomic E-state index is 13.1. The first-order valence-corrected chi connectivity index (χ1v) is 7.03. The highest BCUT2D eigenvalue weighted by Crippen LogP contribution is 2.27. The molecule has 1 aromatic carbocycles. The van der Waals surface area contributed by atoms with Gasteiger partial charge in [-0.1, -0.05) is 12.1 Å². The Kier molecular flexibility index (Phi) is 3.89. The number of amides is 1. The number of benzene rings is 1. The zero-order valence-electron chi connectivity index (χ0n) is 12.4. The van der Waals surface area contributed by atoms with Gasteiger partial charge in [-0.2, -0.15) is 0 Å². The standard InChI is InChI=1S/C17H14FN3O2/c1-10-13-6-3-7-19-14(13)16(22)15(21-10)17(23)20-9-11-4-2-5-12(18)8-11/h2-8,22H,9H2,1H3,(H,20,23). The lowest BCUT2D eigenvalue weighted by atomic mass is 10.1. The van der Waals surface area contributed by atoms with Crippen molar-refractivity contribution in [2.75, 3.05) is 0 Å². The molecule has 116 valence electrons. The first kappa shape index (κ1) is 14.9. The van der Waals surface area contributed by atoms with E-state index in [4.69, 9.17) is 0 Å². The van der Waals surface area contributed by atoms with Gasteiger partial charge in [0.05, 0.1) is 0 Å². The number of nitrogens with one attached hydrogen (secondary N) is 1. The van der Waals surface area contributed by atoms with E-state index in [0.717, 1.165) is 0 Å². The Balaban J connectivity index is 1.88. The molecule has 2 heterocycles. The monoisotopic (exact) mass is 311 g/mol. The summed E-state index contributed by atoms with van der Waals surface area (Å²) < 4.78 is 13.1. The average molecular weight is 311 g/mol. The Morgan fingerprint density at radius 1 is 1.30 bits per heavy atom. The number of fused-ring (bicyclic) bond motifs is 1. The van der Waals surface area contributed by atoms with Crippen LogP contribution in [0.2, 0.25) is 0 Å². The number of aryl methyl sites for hydroxylation is 1. The molecule has 23 heavy (non-hydrogen) atoms. The summed E-state index contributed by atoms with van der Waals surface area (Å²) in [4.78, 5) is 20.5. The number of rotatable bonds is 3. The van der Waals surface area contributed by atoms with Crippen LogP contribution < -0.4 is 5.32 Å². The molecule has 0 bridgehead atoms. The fourth-order valence-electron chi connectivity index (χ4n) is 2.35. The van der Waals surface area contributed by atoms with E-state index in [1.54, 1.807) is 31.2 Å². The zero-order chi connectivity index (χ0) is 16.4. The summed E-state index contributed by atoms with van der Waals surface area (Å²) in [6.45, 7) is 1.88. The molecule has 5 nitrogen and oxygen atoms in total. The largest absolute Gasteiger partial charge is 0.504 e. The Morgan fingerprint density at radius 2 is 2.13 bits per heavy atom. The van der Waals surface area contributed by atoms with Gasteiger partial charge in [-0.15, -0.1) is 0 Å². The van der Waals surface area contributed by atoms with E-state index < -0.39 is 5.91 Å². The molecular weight excluding hydrogens is 297 g/mol. The summed E-state index contributed by atoms with van der Waals surface area (Å²) in [6.07, 6.45) is 1.54. The molecule has 3 rings (SSSR count). The van der Waals surface area contributed by atoms with Gasteiger partial charge in [0.2, 0.25) is 0 Å². The molecule has 0 fully saturated rings. The molecule has 1 amide bonds. The van der Waals surface area contributed by atoms with E-state index in [0.29, 0.717) is 22.2 Å². The molecule has 0 spiro atoms. The van der Waals surface area contributed by atoms with Crippen LogP contribution in [-0.2, 0) is 6.54 Å². The van der Waals surface area contributed by atoms with Crippen LogP contribution in [0.15, 0.2) is 42.6 Å². The van der Waals surface area contributed by atoms with Crippen molar-refractivity contribution in [3.63, 3.8) is 0 Å². The van der Waals surface area contributed by atoms with E-state index in [1.807, 2.05) is 0 Å². The fourth-order valence-corrected chi connectivity index (χ4v) is 2.35. The summed E-state index contributed by atoms with van der Waals surface area (Å²) in [6, 6.07) is 9.44. The van der Waals surface area contributed by atoms with Gasteiger partial charge in [-0.3, -0.25) is 9.78 Å².